The molecule has 0 atom stereocenters. The van der Waals surface area contributed by atoms with Gasteiger partial charge < -0.3 is 19.5 Å². The van der Waals surface area contributed by atoms with Crippen LogP contribution in [-0.4, -0.2) is 36.1 Å². The number of hydrogen-bond donors (Lipinski definition) is 1. The van der Waals surface area contributed by atoms with Crippen molar-refractivity contribution in [3.05, 3.63) is 89.3 Å². The lowest BCUT2D eigenvalue weighted by Crippen LogP contribution is -2.04. The van der Waals surface area contributed by atoms with Crippen LogP contribution in [-0.2, 0) is 6.54 Å². The third-order valence-electron chi connectivity index (χ3n) is 6.04. The van der Waals surface area contributed by atoms with E-state index in [1.165, 1.54) is 0 Å². The van der Waals surface area contributed by atoms with Crippen LogP contribution in [0.5, 0.6) is 17.2 Å². The fraction of sp³-hybridized carbons (Fsp3) is 0.143. The average molecular weight is 545 g/mol. The maximum absolute atomic E-state index is 5.54. The Morgan fingerprint density at radius 3 is 2.50 bits per heavy atom. The molecule has 0 bridgehead atoms. The maximum Gasteiger partial charge on any atom is 0.135 e. The summed E-state index contributed by atoms with van der Waals surface area (Å²) >= 11 is 3.63. The molecule has 8 heteroatoms. The summed E-state index contributed by atoms with van der Waals surface area (Å²) < 4.78 is 19.1. The molecule has 2 heterocycles. The zero-order valence-electron chi connectivity index (χ0n) is 20.2. The van der Waals surface area contributed by atoms with Gasteiger partial charge in [0.05, 0.1) is 31.5 Å². The number of aromatic nitrogens is 3. The van der Waals surface area contributed by atoms with E-state index in [0.29, 0.717) is 6.54 Å². The maximum atomic E-state index is 5.54. The monoisotopic (exact) mass is 544 g/mol. The molecular formula is C28H25BrN4O3. The van der Waals surface area contributed by atoms with Gasteiger partial charge in [0, 0.05) is 53.8 Å². The van der Waals surface area contributed by atoms with Gasteiger partial charge in [-0.1, -0.05) is 12.1 Å². The van der Waals surface area contributed by atoms with Crippen molar-refractivity contribution in [1.29, 1.82) is 0 Å². The number of nitrogens with one attached hydrogen (secondary N) is 1. The Morgan fingerprint density at radius 2 is 1.75 bits per heavy atom. The van der Waals surface area contributed by atoms with E-state index in [-0.39, 0.29) is 0 Å². The van der Waals surface area contributed by atoms with E-state index >= 15 is 0 Å². The van der Waals surface area contributed by atoms with Gasteiger partial charge in [0.25, 0.3) is 0 Å². The highest BCUT2D eigenvalue weighted by atomic mass is 79.9. The molecule has 182 valence electrons. The number of ether oxygens (including phenoxy) is 3. The highest BCUT2D eigenvalue weighted by Gasteiger charge is 2.14. The lowest BCUT2D eigenvalue weighted by molar-refractivity contribution is 0.391. The van der Waals surface area contributed by atoms with E-state index in [4.69, 9.17) is 14.2 Å². The summed E-state index contributed by atoms with van der Waals surface area (Å²) in [6.07, 6.45) is 5.50. The van der Waals surface area contributed by atoms with E-state index in [1.807, 2.05) is 53.5 Å². The molecule has 5 aromatic rings. The van der Waals surface area contributed by atoms with Gasteiger partial charge >= 0.3 is 0 Å². The lowest BCUT2D eigenvalue weighted by atomic mass is 10.00. The van der Waals surface area contributed by atoms with E-state index in [1.54, 1.807) is 27.5 Å². The number of rotatable bonds is 8. The van der Waals surface area contributed by atoms with Crippen LogP contribution < -0.4 is 19.5 Å². The first-order valence-electron chi connectivity index (χ1n) is 11.3. The molecule has 36 heavy (non-hydrogen) atoms. The summed E-state index contributed by atoms with van der Waals surface area (Å²) in [5, 5.41) is 10.0. The molecule has 0 spiro atoms. The molecule has 0 aliphatic rings. The van der Waals surface area contributed by atoms with Crippen LogP contribution in [0.2, 0.25) is 0 Å². The van der Waals surface area contributed by atoms with Gasteiger partial charge in [-0.15, -0.1) is 0 Å². The van der Waals surface area contributed by atoms with Crippen LogP contribution in [0.25, 0.3) is 27.6 Å². The average Bonchev–Trinajstić information content (AvgIpc) is 3.46. The van der Waals surface area contributed by atoms with Crippen molar-refractivity contribution in [3.8, 4) is 34.1 Å². The molecule has 2 aromatic heterocycles. The quantitative estimate of drug-likeness (QED) is 0.241. The van der Waals surface area contributed by atoms with Crippen molar-refractivity contribution in [3.63, 3.8) is 0 Å². The normalized spacial score (nSPS) is 10.9. The minimum absolute atomic E-state index is 0.565. The number of nitrogens with zero attached hydrogens (tertiary/aromatic N) is 3. The first-order chi connectivity index (χ1) is 17.6. The SMILES string of the molecule is COc1ccc(CNc2nccc3cc(-c4cc(Br)c(OC)cc4-n4cccn4)ccc23)c(OC)c1. The lowest BCUT2D eigenvalue weighted by Gasteiger charge is -2.15. The largest absolute Gasteiger partial charge is 0.497 e. The summed E-state index contributed by atoms with van der Waals surface area (Å²) in [6.45, 7) is 0.565. The summed E-state index contributed by atoms with van der Waals surface area (Å²) in [6, 6.07) is 20.1. The van der Waals surface area contributed by atoms with Gasteiger partial charge in [0.2, 0.25) is 0 Å². The molecule has 1 N–H and O–H groups in total. The minimum atomic E-state index is 0.565. The van der Waals surface area contributed by atoms with E-state index < -0.39 is 0 Å². The van der Waals surface area contributed by atoms with Crippen molar-refractivity contribution in [1.82, 2.24) is 14.8 Å². The van der Waals surface area contributed by atoms with Gasteiger partial charge in [0.15, 0.2) is 0 Å². The van der Waals surface area contributed by atoms with Crippen LogP contribution >= 0.6 is 15.9 Å². The fourth-order valence-electron chi connectivity index (χ4n) is 4.19. The number of anilines is 1. The molecule has 0 unspecified atom stereocenters. The number of halogens is 1. The molecule has 3 aromatic carbocycles. The molecule has 0 fully saturated rings. The topological polar surface area (TPSA) is 70.4 Å². The molecule has 0 saturated carbocycles. The molecule has 7 nitrogen and oxygen atoms in total. The summed E-state index contributed by atoms with van der Waals surface area (Å²) in [7, 11) is 4.96. The summed E-state index contributed by atoms with van der Waals surface area (Å²) in [5.41, 5.74) is 4.03. The standard InChI is InChI=1S/C28H25BrN4O3/c1-34-21-7-5-20(26(14-21)35-2)17-31-28-22-8-6-18(13-19(22)9-11-30-28)23-15-24(29)27(36-3)16-25(23)33-12-4-10-32-33/h4-16H,17H2,1-3H3,(H,30,31). The Balaban J connectivity index is 1.50. The molecule has 5 rings (SSSR count). The Bertz CT molecular complexity index is 1520. The highest BCUT2D eigenvalue weighted by Crippen LogP contribution is 2.37. The van der Waals surface area contributed by atoms with Crippen molar-refractivity contribution in [2.45, 2.75) is 6.54 Å². The van der Waals surface area contributed by atoms with E-state index in [2.05, 4.69) is 55.6 Å². The molecule has 0 saturated heterocycles. The third-order valence-corrected chi connectivity index (χ3v) is 6.66. The van der Waals surface area contributed by atoms with Crippen molar-refractivity contribution < 1.29 is 14.2 Å². The number of pyridine rings is 1. The number of methoxy groups -OCH3 is 3. The Morgan fingerprint density at radius 1 is 0.889 bits per heavy atom. The summed E-state index contributed by atoms with van der Waals surface area (Å²) in [4.78, 5) is 4.59. The van der Waals surface area contributed by atoms with Gasteiger partial charge in [-0.05, 0) is 63.3 Å². The smallest absolute Gasteiger partial charge is 0.135 e. The van der Waals surface area contributed by atoms with Gasteiger partial charge in [0.1, 0.15) is 23.1 Å². The first-order valence-corrected chi connectivity index (χ1v) is 12.1. The van der Waals surface area contributed by atoms with Crippen LogP contribution in [0.3, 0.4) is 0 Å². The highest BCUT2D eigenvalue weighted by molar-refractivity contribution is 9.10. The first kappa shape index (κ1) is 23.7. The van der Waals surface area contributed by atoms with Gasteiger partial charge in [-0.2, -0.15) is 5.10 Å². The Hall–Kier alpha value is -4.04. The number of hydrogen-bond acceptors (Lipinski definition) is 6. The van der Waals surface area contributed by atoms with Crippen molar-refractivity contribution >= 4 is 32.5 Å². The van der Waals surface area contributed by atoms with Crippen LogP contribution in [0, 0.1) is 0 Å². The van der Waals surface area contributed by atoms with E-state index in [9.17, 15) is 0 Å². The Labute approximate surface area is 217 Å². The van der Waals surface area contributed by atoms with Crippen LogP contribution in [0.1, 0.15) is 5.56 Å². The van der Waals surface area contributed by atoms with Crippen molar-refractivity contribution in [2.75, 3.05) is 26.6 Å². The number of benzene rings is 3. The minimum Gasteiger partial charge on any atom is -0.497 e. The van der Waals surface area contributed by atoms with Crippen LogP contribution in [0.4, 0.5) is 5.82 Å². The number of fused-ring (bicyclic) bond motifs is 1. The second-order valence-electron chi connectivity index (χ2n) is 8.08. The third kappa shape index (κ3) is 4.59. The second kappa shape index (κ2) is 10.3. The molecule has 0 aliphatic heterocycles. The van der Waals surface area contributed by atoms with Crippen molar-refractivity contribution in [2.24, 2.45) is 0 Å². The Kier molecular flexibility index (Phi) is 6.77. The molecule has 0 aliphatic carbocycles. The molecular weight excluding hydrogens is 520 g/mol. The molecule has 0 radical (unpaired) electrons. The fourth-order valence-corrected chi connectivity index (χ4v) is 4.70. The zero-order valence-corrected chi connectivity index (χ0v) is 21.7. The predicted octanol–water partition coefficient (Wildman–Crippen LogP) is 6.49. The summed E-state index contributed by atoms with van der Waals surface area (Å²) in [5.74, 6) is 3.07. The van der Waals surface area contributed by atoms with Crippen LogP contribution in [0.15, 0.2) is 83.7 Å². The van der Waals surface area contributed by atoms with Gasteiger partial charge in [-0.3, -0.25) is 0 Å². The van der Waals surface area contributed by atoms with Gasteiger partial charge in [-0.25, -0.2) is 9.67 Å². The van der Waals surface area contributed by atoms with E-state index in [0.717, 1.165) is 60.7 Å². The second-order valence-corrected chi connectivity index (χ2v) is 8.94. The zero-order chi connectivity index (χ0) is 25.1. The molecule has 0 amide bonds. The predicted molar refractivity (Wildman–Crippen MR) is 145 cm³/mol.